The van der Waals surface area contributed by atoms with Gasteiger partial charge in [0.25, 0.3) is 0 Å². The number of nitrogens with zero attached hydrogens (tertiary/aromatic N) is 3. The lowest BCUT2D eigenvalue weighted by Crippen LogP contribution is -2.44. The highest BCUT2D eigenvalue weighted by Gasteiger charge is 2.34. The number of carbonyl (C=O) groups is 2. The fourth-order valence-electron chi connectivity index (χ4n) is 4.45. The predicted octanol–water partition coefficient (Wildman–Crippen LogP) is 8.27. The topological polar surface area (TPSA) is 79.7 Å². The van der Waals surface area contributed by atoms with Gasteiger partial charge >= 0.3 is 6.18 Å². The molecule has 0 aliphatic rings. The van der Waals surface area contributed by atoms with E-state index in [4.69, 9.17) is 0 Å². The Morgan fingerprint density at radius 1 is 1.02 bits per heavy atom. The summed E-state index contributed by atoms with van der Waals surface area (Å²) in [6.07, 6.45) is -3.39. The Labute approximate surface area is 271 Å². The van der Waals surface area contributed by atoms with Gasteiger partial charge in [0.15, 0.2) is 11.6 Å². The van der Waals surface area contributed by atoms with E-state index >= 15 is 0 Å². The van der Waals surface area contributed by atoms with Crippen molar-refractivity contribution < 1.29 is 31.4 Å². The van der Waals surface area contributed by atoms with Gasteiger partial charge in [-0.1, -0.05) is 56.7 Å². The van der Waals surface area contributed by atoms with Crippen LogP contribution in [0.4, 0.5) is 23.4 Å². The van der Waals surface area contributed by atoms with Gasteiger partial charge in [-0.05, 0) is 75.4 Å². The van der Waals surface area contributed by atoms with Gasteiger partial charge in [-0.15, -0.1) is 0 Å². The first-order valence-corrected chi connectivity index (χ1v) is 16.6. The Hall–Kier alpha value is -3.73. The van der Waals surface area contributed by atoms with Crippen molar-refractivity contribution in [2.24, 2.45) is 4.99 Å². The third kappa shape index (κ3) is 11.9. The molecule has 1 aromatic heterocycles. The highest BCUT2D eigenvalue weighted by atomic mass is 32.2. The van der Waals surface area contributed by atoms with E-state index in [1.165, 1.54) is 29.1 Å². The van der Waals surface area contributed by atoms with E-state index in [-0.39, 0.29) is 30.1 Å². The van der Waals surface area contributed by atoms with Crippen LogP contribution in [0.25, 0.3) is 0 Å². The van der Waals surface area contributed by atoms with Crippen LogP contribution in [0, 0.1) is 12.7 Å². The molecule has 46 heavy (non-hydrogen) atoms. The zero-order valence-corrected chi connectivity index (χ0v) is 28.3. The lowest BCUT2D eigenvalue weighted by atomic mass is 10.0. The molecular formula is C35H43F4N3O3S. The van der Waals surface area contributed by atoms with E-state index in [0.29, 0.717) is 47.3 Å². The average molecular weight is 662 g/mol. The Morgan fingerprint density at radius 2 is 1.67 bits per heavy atom. The largest absolute Gasteiger partial charge is 0.419 e. The third-order valence-corrected chi connectivity index (χ3v) is 8.76. The van der Waals surface area contributed by atoms with Crippen LogP contribution in [0.2, 0.25) is 0 Å². The molecule has 1 amide bonds. The minimum Gasteiger partial charge on any atom is -0.334 e. The van der Waals surface area contributed by atoms with Gasteiger partial charge in [-0.2, -0.15) is 13.2 Å². The standard InChI is InChI=1S/C25H29F4N3O3S.C10H14/c1-5-36(35)13-7-12-32(17(3)16(2)31-24-20(18(4)33)8-6-11-30-24)23(34)15-19-9-10-22(26)21(14-19)25(27,28)29;1-8(2)10-6-4-9(3)5-7-10/h6,8-11,14,17H,5,7,12-13,15H2,1-4H3;4-8H,1-3H3/b31-16+;. The molecule has 2 atom stereocenters. The van der Waals surface area contributed by atoms with E-state index in [1.807, 2.05) is 0 Å². The van der Waals surface area contributed by atoms with Gasteiger partial charge in [0.05, 0.1) is 23.6 Å². The van der Waals surface area contributed by atoms with Crippen LogP contribution in [0.1, 0.15) is 86.5 Å². The van der Waals surface area contributed by atoms with Crippen LogP contribution in [0.3, 0.4) is 0 Å². The number of aliphatic imine (C=N–C) groups is 1. The van der Waals surface area contributed by atoms with Crippen molar-refractivity contribution in [1.29, 1.82) is 0 Å². The van der Waals surface area contributed by atoms with Crippen molar-refractivity contribution in [2.45, 2.75) is 79.4 Å². The molecule has 0 spiro atoms. The number of rotatable bonds is 12. The molecule has 0 aliphatic carbocycles. The molecule has 0 aliphatic heterocycles. The van der Waals surface area contributed by atoms with E-state index in [0.717, 1.165) is 6.07 Å². The minimum atomic E-state index is -4.89. The van der Waals surface area contributed by atoms with Crippen molar-refractivity contribution in [1.82, 2.24) is 9.88 Å². The number of pyridine rings is 1. The number of aromatic nitrogens is 1. The lowest BCUT2D eigenvalue weighted by Gasteiger charge is -2.30. The van der Waals surface area contributed by atoms with Gasteiger partial charge in [0.2, 0.25) is 5.91 Å². The number of alkyl halides is 3. The molecule has 2 aromatic carbocycles. The second-order valence-corrected chi connectivity index (χ2v) is 13.2. The molecule has 6 nitrogen and oxygen atoms in total. The highest BCUT2D eigenvalue weighted by Crippen LogP contribution is 2.32. The molecule has 1 heterocycles. The summed E-state index contributed by atoms with van der Waals surface area (Å²) in [4.78, 5) is 35.2. The van der Waals surface area contributed by atoms with Gasteiger partial charge in [-0.3, -0.25) is 13.8 Å². The zero-order chi connectivity index (χ0) is 34.6. The summed E-state index contributed by atoms with van der Waals surface area (Å²) in [6.45, 7) is 13.3. The van der Waals surface area contributed by atoms with Gasteiger partial charge in [-0.25, -0.2) is 14.4 Å². The number of benzene rings is 2. The highest BCUT2D eigenvalue weighted by molar-refractivity contribution is 7.84. The molecule has 0 radical (unpaired) electrons. The fraction of sp³-hybridized carbons (Fsp3) is 0.429. The number of aryl methyl sites for hydroxylation is 1. The summed E-state index contributed by atoms with van der Waals surface area (Å²) >= 11 is 0. The number of hydrogen-bond acceptors (Lipinski definition) is 5. The summed E-state index contributed by atoms with van der Waals surface area (Å²) in [5.41, 5.74) is 2.11. The van der Waals surface area contributed by atoms with Crippen LogP contribution in [-0.4, -0.2) is 55.6 Å². The van der Waals surface area contributed by atoms with Gasteiger partial charge in [0, 0.05) is 40.8 Å². The Morgan fingerprint density at radius 3 is 2.24 bits per heavy atom. The number of halogens is 4. The summed E-state index contributed by atoms with van der Waals surface area (Å²) < 4.78 is 64.9. The van der Waals surface area contributed by atoms with Crippen LogP contribution in [0.15, 0.2) is 65.8 Å². The Balaban J connectivity index is 0.000000623. The molecule has 250 valence electrons. The number of ketones is 1. The first-order chi connectivity index (χ1) is 21.5. The fourth-order valence-corrected chi connectivity index (χ4v) is 5.19. The van der Waals surface area contributed by atoms with E-state index in [2.05, 4.69) is 55.0 Å². The van der Waals surface area contributed by atoms with E-state index in [1.54, 1.807) is 32.9 Å². The SMILES string of the molecule is CCS(=O)CCCN(C(=O)Cc1ccc(F)c(C(F)(F)F)c1)C(C)/C(C)=N/c1ncccc1C(C)=O.Cc1ccc(C(C)C)cc1. The van der Waals surface area contributed by atoms with Crippen LogP contribution < -0.4 is 0 Å². The number of carbonyl (C=O) groups excluding carboxylic acids is 2. The van der Waals surface area contributed by atoms with Crippen LogP contribution >= 0.6 is 0 Å². The van der Waals surface area contributed by atoms with Crippen molar-refractivity contribution in [3.63, 3.8) is 0 Å². The molecule has 0 fully saturated rings. The Kier molecular flexibility index (Phi) is 14.9. The van der Waals surface area contributed by atoms with E-state index in [9.17, 15) is 31.4 Å². The van der Waals surface area contributed by atoms with Crippen molar-refractivity contribution in [2.75, 3.05) is 18.1 Å². The van der Waals surface area contributed by atoms with Gasteiger partial charge < -0.3 is 4.90 Å². The molecule has 11 heteroatoms. The second-order valence-electron chi connectivity index (χ2n) is 11.3. The quantitative estimate of drug-likeness (QED) is 0.111. The first kappa shape index (κ1) is 38.5. The molecule has 0 saturated heterocycles. The van der Waals surface area contributed by atoms with Crippen LogP contribution in [-0.2, 0) is 28.2 Å². The minimum absolute atomic E-state index is 0.0150. The van der Waals surface area contributed by atoms with E-state index < -0.39 is 40.3 Å². The van der Waals surface area contributed by atoms with Gasteiger partial charge in [0.1, 0.15) is 5.82 Å². The monoisotopic (exact) mass is 661 g/mol. The maximum Gasteiger partial charge on any atom is 0.419 e. The predicted molar refractivity (Wildman–Crippen MR) is 177 cm³/mol. The zero-order valence-electron chi connectivity index (χ0n) is 27.5. The molecule has 3 rings (SSSR count). The Bertz CT molecular complexity index is 1520. The lowest BCUT2D eigenvalue weighted by molar-refractivity contribution is -0.140. The smallest absolute Gasteiger partial charge is 0.334 e. The maximum atomic E-state index is 13.7. The molecule has 2 unspecified atom stereocenters. The van der Waals surface area contributed by atoms with Crippen molar-refractivity contribution in [3.8, 4) is 0 Å². The van der Waals surface area contributed by atoms with Crippen LogP contribution in [0.5, 0.6) is 0 Å². The third-order valence-electron chi connectivity index (χ3n) is 7.37. The molecule has 0 N–H and O–H groups in total. The molecule has 3 aromatic rings. The summed E-state index contributed by atoms with van der Waals surface area (Å²) in [7, 11) is -1.06. The molecule has 0 saturated carbocycles. The first-order valence-electron chi connectivity index (χ1n) is 15.1. The number of Topliss-reactive ketones (excluding diaryl/α,β-unsaturated/α-hetero) is 1. The summed E-state index contributed by atoms with van der Waals surface area (Å²) in [5.74, 6) is -0.464. The average Bonchev–Trinajstić information content (AvgIpc) is 2.99. The summed E-state index contributed by atoms with van der Waals surface area (Å²) in [5, 5.41) is 0. The maximum absolute atomic E-state index is 13.7. The molecular weight excluding hydrogens is 618 g/mol. The molecule has 0 bridgehead atoms. The summed E-state index contributed by atoms with van der Waals surface area (Å²) in [6, 6.07) is 13.8. The van der Waals surface area contributed by atoms with Crippen molar-refractivity contribution >= 4 is 34.0 Å². The normalized spacial score (nSPS) is 13.1. The second kappa shape index (κ2) is 17.8. The number of amides is 1. The number of hydrogen-bond donors (Lipinski definition) is 0. The van der Waals surface area contributed by atoms with Crippen molar-refractivity contribution in [3.05, 3.63) is 94.4 Å².